The smallest absolute Gasteiger partial charge is 0.200 e. The van der Waals surface area contributed by atoms with Crippen LogP contribution < -0.4 is 0 Å². The molecule has 0 aliphatic carbocycles. The minimum absolute atomic E-state index is 0.00596. The molecule has 20 heavy (non-hydrogen) atoms. The first-order valence-electron chi connectivity index (χ1n) is 5.10. The molecule has 0 aliphatic heterocycles. The lowest BCUT2D eigenvalue weighted by molar-refractivity contribution is 0.381. The van der Waals surface area contributed by atoms with E-state index in [4.69, 9.17) is 5.26 Å². The third-order valence-corrected chi connectivity index (χ3v) is 3.45. The molecule has 102 valence electrons. The summed E-state index contributed by atoms with van der Waals surface area (Å²) in [5.41, 5.74) is -1.37. The molecule has 2 aromatic rings. The zero-order valence-electron chi connectivity index (χ0n) is 9.45. The summed E-state index contributed by atoms with van der Waals surface area (Å²) in [6.07, 6.45) is 0. The van der Waals surface area contributed by atoms with E-state index in [2.05, 4.69) is 15.9 Å². The van der Waals surface area contributed by atoms with E-state index >= 15 is 0 Å². The first-order valence-corrected chi connectivity index (χ1v) is 5.89. The Morgan fingerprint density at radius 2 is 1.35 bits per heavy atom. The van der Waals surface area contributed by atoms with E-state index in [-0.39, 0.29) is 15.6 Å². The van der Waals surface area contributed by atoms with E-state index in [0.29, 0.717) is 0 Å². The Labute approximate surface area is 118 Å². The highest BCUT2D eigenvalue weighted by Gasteiger charge is 2.27. The number of hydrogen-bond acceptors (Lipinski definition) is 1. The van der Waals surface area contributed by atoms with Crippen molar-refractivity contribution in [2.24, 2.45) is 0 Å². The van der Waals surface area contributed by atoms with E-state index in [0.717, 1.165) is 6.07 Å². The van der Waals surface area contributed by atoms with Crippen molar-refractivity contribution in [1.29, 1.82) is 5.26 Å². The second-order valence-corrected chi connectivity index (χ2v) is 4.52. The van der Waals surface area contributed by atoms with E-state index in [1.165, 1.54) is 12.1 Å². The van der Waals surface area contributed by atoms with Crippen molar-refractivity contribution in [3.8, 4) is 17.2 Å². The van der Waals surface area contributed by atoms with E-state index in [1.807, 2.05) is 0 Å². The number of benzene rings is 2. The van der Waals surface area contributed by atoms with Crippen LogP contribution in [0.15, 0.2) is 22.7 Å². The van der Waals surface area contributed by atoms with E-state index in [9.17, 15) is 22.0 Å². The Hall–Kier alpha value is -1.94. The molecule has 0 aliphatic rings. The van der Waals surface area contributed by atoms with Crippen molar-refractivity contribution in [3.63, 3.8) is 0 Å². The van der Waals surface area contributed by atoms with Gasteiger partial charge in [-0.1, -0.05) is 12.1 Å². The second-order valence-electron chi connectivity index (χ2n) is 3.72. The minimum atomic E-state index is -2.23. The van der Waals surface area contributed by atoms with Crippen LogP contribution in [0.3, 0.4) is 0 Å². The maximum atomic E-state index is 13.7. The van der Waals surface area contributed by atoms with Gasteiger partial charge in [-0.25, -0.2) is 22.0 Å². The monoisotopic (exact) mass is 347 g/mol. The average Bonchev–Trinajstić information content (AvgIpc) is 2.45. The summed E-state index contributed by atoms with van der Waals surface area (Å²) in [7, 11) is 0. The zero-order chi connectivity index (χ0) is 15.0. The minimum Gasteiger partial charge on any atom is -0.203 e. The molecule has 0 fully saturated rings. The molecule has 2 aromatic carbocycles. The molecule has 7 heteroatoms. The number of hydrogen-bond donors (Lipinski definition) is 0. The summed E-state index contributed by atoms with van der Waals surface area (Å²) < 4.78 is 66.6. The van der Waals surface area contributed by atoms with Crippen LogP contribution in [0, 0.1) is 40.4 Å². The summed E-state index contributed by atoms with van der Waals surface area (Å²) in [4.78, 5) is 0. The molecule has 0 bridgehead atoms. The van der Waals surface area contributed by atoms with Gasteiger partial charge in [-0.05, 0) is 22.0 Å². The van der Waals surface area contributed by atoms with Crippen LogP contribution in [-0.4, -0.2) is 0 Å². The number of nitriles is 1. The molecule has 0 atom stereocenters. The van der Waals surface area contributed by atoms with Crippen molar-refractivity contribution >= 4 is 15.9 Å². The van der Waals surface area contributed by atoms with Gasteiger partial charge in [0.2, 0.25) is 5.82 Å². The predicted molar refractivity (Wildman–Crippen MR) is 64.1 cm³/mol. The van der Waals surface area contributed by atoms with E-state index in [1.54, 1.807) is 6.07 Å². The Kier molecular flexibility index (Phi) is 3.77. The van der Waals surface area contributed by atoms with Gasteiger partial charge in [0, 0.05) is 10.0 Å². The Morgan fingerprint density at radius 3 is 1.85 bits per heavy atom. The number of rotatable bonds is 1. The second kappa shape index (κ2) is 5.21. The largest absolute Gasteiger partial charge is 0.203 e. The molecular weight excluding hydrogens is 345 g/mol. The van der Waals surface area contributed by atoms with Gasteiger partial charge in [-0.15, -0.1) is 0 Å². The molecule has 0 radical (unpaired) electrons. The molecule has 0 saturated carbocycles. The van der Waals surface area contributed by atoms with Crippen molar-refractivity contribution in [2.75, 3.05) is 0 Å². The average molecular weight is 348 g/mol. The van der Waals surface area contributed by atoms with Gasteiger partial charge < -0.3 is 0 Å². The molecule has 0 N–H and O–H groups in total. The third kappa shape index (κ3) is 2.06. The van der Waals surface area contributed by atoms with Gasteiger partial charge in [0.15, 0.2) is 23.3 Å². The molecule has 0 unspecified atom stereocenters. The standard InChI is InChI=1S/C13H3BrF5N/c14-8-5(4-20)2-1-3-6(8)7-9(15)11(17)13(19)12(18)10(7)16/h1-3H. The lowest BCUT2D eigenvalue weighted by Crippen LogP contribution is -2.04. The zero-order valence-corrected chi connectivity index (χ0v) is 11.0. The lowest BCUT2D eigenvalue weighted by Gasteiger charge is -2.10. The fourth-order valence-electron chi connectivity index (χ4n) is 1.65. The van der Waals surface area contributed by atoms with Crippen molar-refractivity contribution in [1.82, 2.24) is 0 Å². The highest BCUT2D eigenvalue weighted by molar-refractivity contribution is 9.10. The van der Waals surface area contributed by atoms with Crippen LogP contribution in [0.25, 0.3) is 11.1 Å². The highest BCUT2D eigenvalue weighted by atomic mass is 79.9. The summed E-state index contributed by atoms with van der Waals surface area (Å²) in [6, 6.07) is 5.48. The van der Waals surface area contributed by atoms with Crippen LogP contribution in [0.5, 0.6) is 0 Å². The SMILES string of the molecule is N#Cc1cccc(-c2c(F)c(F)c(F)c(F)c2F)c1Br. The van der Waals surface area contributed by atoms with Crippen LogP contribution in [0.2, 0.25) is 0 Å². The maximum Gasteiger partial charge on any atom is 0.200 e. The van der Waals surface area contributed by atoms with E-state index < -0.39 is 34.6 Å². The normalized spacial score (nSPS) is 10.4. The van der Waals surface area contributed by atoms with Crippen LogP contribution in [0.1, 0.15) is 5.56 Å². The molecule has 0 heterocycles. The highest BCUT2D eigenvalue weighted by Crippen LogP contribution is 2.36. The molecule has 1 nitrogen and oxygen atoms in total. The summed E-state index contributed by atoms with van der Waals surface area (Å²) in [6.45, 7) is 0. The topological polar surface area (TPSA) is 23.8 Å². The summed E-state index contributed by atoms with van der Waals surface area (Å²) >= 11 is 2.92. The third-order valence-electron chi connectivity index (χ3n) is 2.60. The first-order chi connectivity index (χ1) is 9.40. The van der Waals surface area contributed by atoms with Crippen LogP contribution >= 0.6 is 15.9 Å². The number of nitrogens with zero attached hydrogens (tertiary/aromatic N) is 1. The van der Waals surface area contributed by atoms with Gasteiger partial charge >= 0.3 is 0 Å². The molecule has 0 saturated heterocycles. The predicted octanol–water partition coefficient (Wildman–Crippen LogP) is 4.68. The molecule has 0 spiro atoms. The van der Waals surface area contributed by atoms with Gasteiger partial charge in [-0.3, -0.25) is 0 Å². The van der Waals surface area contributed by atoms with Gasteiger partial charge in [0.1, 0.15) is 6.07 Å². The van der Waals surface area contributed by atoms with Gasteiger partial charge in [-0.2, -0.15) is 5.26 Å². The van der Waals surface area contributed by atoms with Crippen LogP contribution in [-0.2, 0) is 0 Å². The van der Waals surface area contributed by atoms with Crippen molar-refractivity contribution < 1.29 is 22.0 Å². The van der Waals surface area contributed by atoms with Gasteiger partial charge in [0.05, 0.1) is 11.1 Å². The molecule has 0 amide bonds. The lowest BCUT2D eigenvalue weighted by atomic mass is 10.0. The quantitative estimate of drug-likeness (QED) is 0.417. The number of halogens is 6. The van der Waals surface area contributed by atoms with Crippen molar-refractivity contribution in [2.45, 2.75) is 0 Å². The van der Waals surface area contributed by atoms with Gasteiger partial charge in [0.25, 0.3) is 0 Å². The Balaban J connectivity index is 2.88. The van der Waals surface area contributed by atoms with Crippen molar-refractivity contribution in [3.05, 3.63) is 57.3 Å². The molecule has 2 rings (SSSR count). The summed E-state index contributed by atoms with van der Waals surface area (Å²) in [5, 5.41) is 8.81. The first kappa shape index (κ1) is 14.5. The molecular formula is C13H3BrF5N. The molecule has 0 aromatic heterocycles. The summed E-state index contributed by atoms with van der Waals surface area (Å²) in [5.74, 6) is -10.2. The fourth-order valence-corrected chi connectivity index (χ4v) is 2.20. The maximum absolute atomic E-state index is 13.7. The van der Waals surface area contributed by atoms with Crippen LogP contribution in [0.4, 0.5) is 22.0 Å². The Morgan fingerprint density at radius 1 is 0.850 bits per heavy atom. The Bertz CT molecular complexity index is 722. The fraction of sp³-hybridized carbons (Fsp3) is 0.